The normalized spacial score (nSPS) is 10.7. The maximum Gasteiger partial charge on any atom is 0.352 e. The quantitative estimate of drug-likeness (QED) is 0.686. The van der Waals surface area contributed by atoms with Crippen molar-refractivity contribution in [3.63, 3.8) is 0 Å². The highest BCUT2D eigenvalue weighted by molar-refractivity contribution is 7.99. The molecule has 132 valence electrons. The number of hydrogen-bond acceptors (Lipinski definition) is 4. The molecule has 0 aliphatic heterocycles. The molecule has 1 aromatic heterocycles. The predicted molar refractivity (Wildman–Crippen MR) is 100 cm³/mol. The highest BCUT2D eigenvalue weighted by Crippen LogP contribution is 2.37. The van der Waals surface area contributed by atoms with E-state index in [1.54, 1.807) is 0 Å². The molecule has 0 aliphatic carbocycles. The summed E-state index contributed by atoms with van der Waals surface area (Å²) in [5.41, 5.74) is -2.11. The molecule has 9 heteroatoms. The van der Waals surface area contributed by atoms with Crippen molar-refractivity contribution in [3.05, 3.63) is 85.1 Å². The molecule has 1 heterocycles. The van der Waals surface area contributed by atoms with Gasteiger partial charge in [0.1, 0.15) is 5.69 Å². The van der Waals surface area contributed by atoms with Crippen molar-refractivity contribution in [1.82, 2.24) is 9.55 Å². The zero-order valence-electron chi connectivity index (χ0n) is 12.9. The van der Waals surface area contributed by atoms with Crippen molar-refractivity contribution in [2.24, 2.45) is 0 Å². The molecule has 0 atom stereocenters. The van der Waals surface area contributed by atoms with Gasteiger partial charge in [0.05, 0.1) is 15.7 Å². The zero-order valence-corrected chi connectivity index (χ0v) is 15.2. The molecule has 0 bridgehead atoms. The van der Waals surface area contributed by atoms with Crippen LogP contribution in [0.25, 0.3) is 5.69 Å². The number of aromatic carboxylic acids is 1. The number of nitrogens with one attached hydrogen (secondary N) is 1. The number of aromatic nitrogens is 2. The van der Waals surface area contributed by atoms with E-state index in [2.05, 4.69) is 4.98 Å². The van der Waals surface area contributed by atoms with Crippen LogP contribution in [-0.2, 0) is 0 Å². The Hall–Kier alpha value is -2.48. The molecule has 2 N–H and O–H groups in total. The van der Waals surface area contributed by atoms with E-state index in [4.69, 9.17) is 28.3 Å². The fourth-order valence-electron chi connectivity index (χ4n) is 2.22. The van der Waals surface area contributed by atoms with Gasteiger partial charge in [-0.1, -0.05) is 53.2 Å². The summed E-state index contributed by atoms with van der Waals surface area (Å²) >= 11 is 13.7. The van der Waals surface area contributed by atoms with E-state index in [9.17, 15) is 14.4 Å². The van der Waals surface area contributed by atoms with E-state index in [-0.39, 0.29) is 10.7 Å². The van der Waals surface area contributed by atoms with Gasteiger partial charge in [-0.15, -0.1) is 0 Å². The van der Waals surface area contributed by atoms with Crippen molar-refractivity contribution in [3.8, 4) is 5.69 Å². The number of nitrogens with zero attached hydrogens (tertiary/aromatic N) is 1. The van der Waals surface area contributed by atoms with Crippen molar-refractivity contribution < 1.29 is 9.90 Å². The molecule has 2 aromatic carbocycles. The zero-order chi connectivity index (χ0) is 18.8. The van der Waals surface area contributed by atoms with Crippen LogP contribution in [0.3, 0.4) is 0 Å². The van der Waals surface area contributed by atoms with Crippen molar-refractivity contribution >= 4 is 40.9 Å². The Kier molecular flexibility index (Phi) is 5.22. The lowest BCUT2D eigenvalue weighted by atomic mass is 10.3. The van der Waals surface area contributed by atoms with E-state index in [0.717, 1.165) is 15.5 Å². The van der Waals surface area contributed by atoms with Gasteiger partial charge in [-0.25, -0.2) is 14.2 Å². The molecule has 3 aromatic rings. The van der Waals surface area contributed by atoms with Crippen LogP contribution < -0.4 is 11.2 Å². The molecular weight excluding hydrogens is 399 g/mol. The number of rotatable bonds is 4. The van der Waals surface area contributed by atoms with Crippen molar-refractivity contribution in [2.75, 3.05) is 0 Å². The molecule has 0 aliphatic rings. The summed E-state index contributed by atoms with van der Waals surface area (Å²) in [5.74, 6) is -1.41. The molecule has 0 amide bonds. The molecule has 0 saturated heterocycles. The van der Waals surface area contributed by atoms with Crippen LogP contribution in [-0.4, -0.2) is 20.6 Å². The highest BCUT2D eigenvalue weighted by atomic mass is 35.5. The number of carboxylic acid groups (broad SMARTS) is 1. The van der Waals surface area contributed by atoms with Gasteiger partial charge in [-0.05, 0) is 24.3 Å². The minimum Gasteiger partial charge on any atom is -0.477 e. The van der Waals surface area contributed by atoms with Crippen LogP contribution in [0.1, 0.15) is 10.5 Å². The summed E-state index contributed by atoms with van der Waals surface area (Å²) < 4.78 is 0.764. The number of carboxylic acids is 1. The smallest absolute Gasteiger partial charge is 0.352 e. The number of benzene rings is 2. The lowest BCUT2D eigenvalue weighted by Crippen LogP contribution is -2.35. The van der Waals surface area contributed by atoms with Crippen molar-refractivity contribution in [1.29, 1.82) is 0 Å². The minimum atomic E-state index is -1.41. The van der Waals surface area contributed by atoms with E-state index in [0.29, 0.717) is 9.92 Å². The van der Waals surface area contributed by atoms with E-state index >= 15 is 0 Å². The topological polar surface area (TPSA) is 92.2 Å². The van der Waals surface area contributed by atoms with Gasteiger partial charge >= 0.3 is 11.7 Å². The first-order valence-electron chi connectivity index (χ1n) is 7.19. The first-order valence-corrected chi connectivity index (χ1v) is 8.76. The predicted octanol–water partition coefficient (Wildman–Crippen LogP) is 3.68. The van der Waals surface area contributed by atoms with Crippen LogP contribution in [0, 0.1) is 0 Å². The summed E-state index contributed by atoms with van der Waals surface area (Å²) in [5, 5.41) is 9.38. The largest absolute Gasteiger partial charge is 0.477 e. The molecule has 0 fully saturated rings. The van der Waals surface area contributed by atoms with Gasteiger partial charge in [0.25, 0.3) is 5.56 Å². The second-order valence-electron chi connectivity index (χ2n) is 5.12. The van der Waals surface area contributed by atoms with Gasteiger partial charge in [-0.3, -0.25) is 4.79 Å². The molecule has 0 radical (unpaired) electrons. The number of carbonyl (C=O) groups is 1. The Morgan fingerprint density at radius 1 is 1.04 bits per heavy atom. The van der Waals surface area contributed by atoms with Crippen molar-refractivity contribution in [2.45, 2.75) is 9.79 Å². The van der Waals surface area contributed by atoms with Crippen LogP contribution >= 0.6 is 35.0 Å². The van der Waals surface area contributed by atoms with Gasteiger partial charge in [0.15, 0.2) is 0 Å². The summed E-state index contributed by atoms with van der Waals surface area (Å²) in [6.45, 7) is 0. The van der Waals surface area contributed by atoms with Crippen LogP contribution in [0.5, 0.6) is 0 Å². The Bertz CT molecular complexity index is 1080. The number of hydrogen-bond donors (Lipinski definition) is 2. The van der Waals surface area contributed by atoms with Crippen LogP contribution in [0.4, 0.5) is 0 Å². The minimum absolute atomic E-state index is 0.0862. The third-order valence-corrected chi connectivity index (χ3v) is 5.17. The van der Waals surface area contributed by atoms with Crippen LogP contribution in [0.15, 0.2) is 67.9 Å². The fourth-order valence-corrected chi connectivity index (χ4v) is 3.68. The Morgan fingerprint density at radius 3 is 2.35 bits per heavy atom. The molecule has 3 rings (SSSR count). The van der Waals surface area contributed by atoms with E-state index in [1.165, 1.54) is 23.9 Å². The lowest BCUT2D eigenvalue weighted by Gasteiger charge is -2.11. The first kappa shape index (κ1) is 18.3. The lowest BCUT2D eigenvalue weighted by molar-refractivity contribution is 0.0689. The van der Waals surface area contributed by atoms with Crippen LogP contribution in [0.2, 0.25) is 10.0 Å². The number of halogens is 2. The molecule has 26 heavy (non-hydrogen) atoms. The average Bonchev–Trinajstić information content (AvgIpc) is 2.58. The monoisotopic (exact) mass is 408 g/mol. The van der Waals surface area contributed by atoms with Gasteiger partial charge in [0, 0.05) is 15.9 Å². The standard InChI is InChI=1S/C17H10Cl2N2O4S/c18-10-6-11(19)14(26-9-4-2-1-3-5-9)8-13(10)21-15(22)7-12(16(23)24)20-17(21)25/h1-8H,(H,20,25)(H,23,24). The molecule has 0 spiro atoms. The maximum atomic E-state index is 12.3. The third kappa shape index (κ3) is 3.70. The Balaban J connectivity index is 2.15. The average molecular weight is 409 g/mol. The molecular formula is C17H10Cl2N2O4S. The summed E-state index contributed by atoms with van der Waals surface area (Å²) in [6.07, 6.45) is 0. The van der Waals surface area contributed by atoms with Gasteiger partial charge in [-0.2, -0.15) is 0 Å². The maximum absolute atomic E-state index is 12.3. The highest BCUT2D eigenvalue weighted by Gasteiger charge is 2.16. The van der Waals surface area contributed by atoms with E-state index in [1.807, 2.05) is 30.3 Å². The fraction of sp³-hybridized carbons (Fsp3) is 0. The molecule has 0 saturated carbocycles. The summed E-state index contributed by atoms with van der Waals surface area (Å²) in [4.78, 5) is 39.1. The number of H-pyrrole nitrogens is 1. The van der Waals surface area contributed by atoms with Gasteiger partial charge < -0.3 is 10.1 Å². The van der Waals surface area contributed by atoms with Gasteiger partial charge in [0.2, 0.25) is 0 Å². The third-order valence-electron chi connectivity index (χ3n) is 3.38. The molecule has 6 nitrogen and oxygen atoms in total. The SMILES string of the molecule is O=C(O)c1cc(=O)n(-c2cc(Sc3ccccc3)c(Cl)cc2Cl)c(=O)[nH]1. The molecule has 0 unspecified atom stereocenters. The number of aromatic amines is 1. The van der Waals surface area contributed by atoms with E-state index < -0.39 is 22.9 Å². The first-order chi connectivity index (χ1) is 12.4. The summed E-state index contributed by atoms with van der Waals surface area (Å²) in [6, 6.07) is 13.1. The second-order valence-corrected chi connectivity index (χ2v) is 7.05. The Labute approximate surface area is 161 Å². The second kappa shape index (κ2) is 7.41. The Morgan fingerprint density at radius 2 is 1.73 bits per heavy atom. The summed E-state index contributed by atoms with van der Waals surface area (Å²) in [7, 11) is 0.